The van der Waals surface area contributed by atoms with Crippen molar-refractivity contribution in [3.8, 4) is 11.3 Å². The van der Waals surface area contributed by atoms with Crippen molar-refractivity contribution < 1.29 is 4.79 Å². The van der Waals surface area contributed by atoms with Crippen LogP contribution >= 0.6 is 0 Å². The van der Waals surface area contributed by atoms with Gasteiger partial charge in [0, 0.05) is 28.7 Å². The van der Waals surface area contributed by atoms with Crippen molar-refractivity contribution >= 4 is 28.6 Å². The number of anilines is 2. The predicted octanol–water partition coefficient (Wildman–Crippen LogP) is 4.51. The zero-order valence-corrected chi connectivity index (χ0v) is 17.4. The van der Waals surface area contributed by atoms with Gasteiger partial charge in [-0.15, -0.1) is 0 Å². The highest BCUT2D eigenvalue weighted by Gasteiger charge is 2.28. The van der Waals surface area contributed by atoms with Crippen LogP contribution in [0.1, 0.15) is 16.7 Å². The normalized spacial score (nSPS) is 14.1. The maximum Gasteiger partial charge on any atom is 0.258 e. The summed E-state index contributed by atoms with van der Waals surface area (Å²) in [6, 6.07) is 23.9. The van der Waals surface area contributed by atoms with Crippen molar-refractivity contribution in [2.45, 2.75) is 6.42 Å². The second kappa shape index (κ2) is 8.53. The first-order chi connectivity index (χ1) is 15.7. The van der Waals surface area contributed by atoms with E-state index >= 15 is 0 Å². The number of para-hydroxylation sites is 1. The number of nitrogens with two attached hydrogens (primary N) is 1. The average molecular weight is 422 g/mol. The number of nitrogens with zero attached hydrogens (tertiary/aromatic N) is 1. The Morgan fingerprint density at radius 2 is 1.75 bits per heavy atom. The molecule has 0 bridgehead atoms. The molecule has 0 saturated heterocycles. The minimum absolute atomic E-state index is 0.118. The number of carbonyl (C=O) groups excluding carboxylic acids is 1. The van der Waals surface area contributed by atoms with Crippen molar-refractivity contribution in [2.24, 2.45) is 5.73 Å². The van der Waals surface area contributed by atoms with E-state index in [1.807, 2.05) is 66.9 Å². The Kier molecular flexibility index (Phi) is 5.27. The van der Waals surface area contributed by atoms with Gasteiger partial charge in [-0.05, 0) is 42.3 Å². The summed E-state index contributed by atoms with van der Waals surface area (Å²) in [6.07, 6.45) is 4.34. The predicted molar refractivity (Wildman–Crippen MR) is 129 cm³/mol. The summed E-state index contributed by atoms with van der Waals surface area (Å²) < 4.78 is 0. The van der Waals surface area contributed by atoms with E-state index in [0.717, 1.165) is 45.9 Å². The Bertz CT molecular complexity index is 1270. The number of H-pyrrole nitrogens is 1. The van der Waals surface area contributed by atoms with Gasteiger partial charge in [0.2, 0.25) is 0 Å². The molecule has 1 aliphatic rings. The third-order valence-corrected chi connectivity index (χ3v) is 5.55. The van der Waals surface area contributed by atoms with Crippen molar-refractivity contribution in [1.82, 2.24) is 9.97 Å². The maximum absolute atomic E-state index is 13.0. The van der Waals surface area contributed by atoms with Crippen LogP contribution in [-0.4, -0.2) is 22.4 Å². The molecule has 2 heterocycles. The fourth-order valence-corrected chi connectivity index (χ4v) is 3.94. The zero-order valence-electron chi connectivity index (χ0n) is 17.4. The van der Waals surface area contributed by atoms with Gasteiger partial charge in [0.15, 0.2) is 0 Å². The summed E-state index contributed by atoms with van der Waals surface area (Å²) in [5.74, 6) is -0.118. The molecule has 0 unspecified atom stereocenters. The molecular weight excluding hydrogens is 398 g/mol. The lowest BCUT2D eigenvalue weighted by atomic mass is 9.98. The second-order valence-electron chi connectivity index (χ2n) is 7.64. The Balaban J connectivity index is 1.57. The number of imidazole rings is 1. The van der Waals surface area contributed by atoms with Crippen LogP contribution in [0.3, 0.4) is 0 Å². The molecule has 0 aliphatic carbocycles. The molecule has 158 valence electrons. The fourth-order valence-electron chi connectivity index (χ4n) is 3.94. The molecule has 1 amide bonds. The van der Waals surface area contributed by atoms with Gasteiger partial charge in [-0.1, -0.05) is 54.6 Å². The number of fused-ring (bicyclic) bond motifs is 1. The number of nitrogens with one attached hydrogen (secondary N) is 3. The van der Waals surface area contributed by atoms with E-state index in [-0.39, 0.29) is 5.91 Å². The molecule has 0 fully saturated rings. The lowest BCUT2D eigenvalue weighted by molar-refractivity contribution is -0.110. The number of benzene rings is 3. The molecule has 5 rings (SSSR count). The standard InChI is InChI=1S/C26H23N5O/c27-14-13-17-5-7-19(8-6-17)25(24-21-3-1-2-4-22(21)31-26(24)32)30-20-11-9-18(10-12-20)23-15-28-16-29-23/h1-12,15-16,30H,13-14,27H2,(H,28,29)(H,31,32)/b25-24-. The minimum Gasteiger partial charge on any atom is -0.354 e. The van der Waals surface area contributed by atoms with Crippen LogP contribution in [0.25, 0.3) is 22.5 Å². The summed E-state index contributed by atoms with van der Waals surface area (Å²) >= 11 is 0. The monoisotopic (exact) mass is 421 g/mol. The number of aromatic nitrogens is 2. The van der Waals surface area contributed by atoms with Crippen LogP contribution < -0.4 is 16.4 Å². The number of aromatic amines is 1. The summed E-state index contributed by atoms with van der Waals surface area (Å²) in [5.41, 5.74) is 13.7. The van der Waals surface area contributed by atoms with Crippen LogP contribution in [-0.2, 0) is 11.2 Å². The Morgan fingerprint density at radius 1 is 0.969 bits per heavy atom. The number of hydrogen-bond donors (Lipinski definition) is 4. The Hall–Kier alpha value is -4.16. The highest BCUT2D eigenvalue weighted by Crippen LogP contribution is 2.37. The van der Waals surface area contributed by atoms with Crippen molar-refractivity contribution in [1.29, 1.82) is 0 Å². The topological polar surface area (TPSA) is 95.8 Å². The van der Waals surface area contributed by atoms with Gasteiger partial charge in [0.25, 0.3) is 5.91 Å². The quantitative estimate of drug-likeness (QED) is 0.345. The van der Waals surface area contributed by atoms with E-state index < -0.39 is 0 Å². The maximum atomic E-state index is 13.0. The molecule has 6 nitrogen and oxygen atoms in total. The number of carbonyl (C=O) groups is 1. The van der Waals surface area contributed by atoms with Gasteiger partial charge in [-0.25, -0.2) is 4.98 Å². The van der Waals surface area contributed by atoms with Gasteiger partial charge >= 0.3 is 0 Å². The molecule has 1 aromatic heterocycles. The highest BCUT2D eigenvalue weighted by atomic mass is 16.2. The molecular formula is C26H23N5O. The first-order valence-corrected chi connectivity index (χ1v) is 10.5. The molecule has 4 aromatic rings. The molecule has 0 atom stereocenters. The average Bonchev–Trinajstić information content (AvgIpc) is 3.47. The van der Waals surface area contributed by atoms with Gasteiger partial charge in [0.1, 0.15) is 0 Å². The molecule has 3 aromatic carbocycles. The third kappa shape index (κ3) is 3.79. The molecule has 5 N–H and O–H groups in total. The van der Waals surface area contributed by atoms with Crippen LogP contribution in [0.15, 0.2) is 85.3 Å². The fraction of sp³-hybridized carbons (Fsp3) is 0.0769. The van der Waals surface area contributed by atoms with Gasteiger partial charge < -0.3 is 21.4 Å². The van der Waals surface area contributed by atoms with Gasteiger partial charge in [0.05, 0.1) is 23.3 Å². The highest BCUT2D eigenvalue weighted by molar-refractivity contribution is 6.37. The summed E-state index contributed by atoms with van der Waals surface area (Å²) in [5, 5.41) is 6.48. The van der Waals surface area contributed by atoms with Crippen molar-refractivity contribution in [3.63, 3.8) is 0 Å². The first-order valence-electron chi connectivity index (χ1n) is 10.5. The molecule has 0 spiro atoms. The lowest BCUT2D eigenvalue weighted by Gasteiger charge is -2.15. The summed E-state index contributed by atoms with van der Waals surface area (Å²) in [6.45, 7) is 0.601. The SMILES string of the molecule is NCCc1ccc(/C(Nc2ccc(-c3c[nH]cn3)cc2)=C2/C(=O)Nc3ccccc32)cc1. The van der Waals surface area contributed by atoms with E-state index in [9.17, 15) is 4.79 Å². The van der Waals surface area contributed by atoms with Crippen LogP contribution in [0.2, 0.25) is 0 Å². The first kappa shape index (κ1) is 19.8. The molecule has 0 saturated carbocycles. The largest absolute Gasteiger partial charge is 0.354 e. The Morgan fingerprint density at radius 3 is 2.47 bits per heavy atom. The second-order valence-corrected chi connectivity index (χ2v) is 7.64. The summed E-state index contributed by atoms with van der Waals surface area (Å²) in [4.78, 5) is 20.3. The lowest BCUT2D eigenvalue weighted by Crippen LogP contribution is -2.10. The van der Waals surface area contributed by atoms with Crippen LogP contribution in [0, 0.1) is 0 Å². The van der Waals surface area contributed by atoms with Gasteiger partial charge in [-0.2, -0.15) is 0 Å². The molecule has 32 heavy (non-hydrogen) atoms. The van der Waals surface area contributed by atoms with E-state index in [1.165, 1.54) is 5.56 Å². The van der Waals surface area contributed by atoms with E-state index in [0.29, 0.717) is 12.1 Å². The van der Waals surface area contributed by atoms with Crippen molar-refractivity contribution in [2.75, 3.05) is 17.2 Å². The van der Waals surface area contributed by atoms with E-state index in [2.05, 4.69) is 32.7 Å². The van der Waals surface area contributed by atoms with Gasteiger partial charge in [-0.3, -0.25) is 4.79 Å². The van der Waals surface area contributed by atoms with Crippen LogP contribution in [0.5, 0.6) is 0 Å². The minimum atomic E-state index is -0.118. The van der Waals surface area contributed by atoms with Crippen LogP contribution in [0.4, 0.5) is 11.4 Å². The molecule has 6 heteroatoms. The third-order valence-electron chi connectivity index (χ3n) is 5.55. The zero-order chi connectivity index (χ0) is 21.9. The molecule has 1 aliphatic heterocycles. The Labute approximate surface area is 186 Å². The van der Waals surface area contributed by atoms with E-state index in [1.54, 1.807) is 6.33 Å². The molecule has 0 radical (unpaired) electrons. The van der Waals surface area contributed by atoms with E-state index in [4.69, 9.17) is 5.73 Å². The number of hydrogen-bond acceptors (Lipinski definition) is 4. The number of rotatable bonds is 6. The smallest absolute Gasteiger partial charge is 0.258 e. The number of amides is 1. The van der Waals surface area contributed by atoms with Crippen molar-refractivity contribution in [3.05, 3.63) is 102 Å². The summed E-state index contributed by atoms with van der Waals surface area (Å²) in [7, 11) is 0.